The molecule has 6 nitrogen and oxygen atoms in total. The molecule has 6 heteroatoms. The number of hydrogen-bond donors (Lipinski definition) is 5. The minimum atomic E-state index is -1.26. The number of hydrogen-bond acceptors (Lipinski definition) is 5. The van der Waals surface area contributed by atoms with Gasteiger partial charge in [-0.3, -0.25) is 4.79 Å². The zero-order valence-corrected chi connectivity index (χ0v) is 27.0. The van der Waals surface area contributed by atoms with E-state index in [0.29, 0.717) is 12.8 Å². The first-order chi connectivity index (χ1) is 20.0. The van der Waals surface area contributed by atoms with Gasteiger partial charge in [0.05, 0.1) is 18.8 Å². The molecule has 0 aliphatic carbocycles. The Labute approximate surface area is 253 Å². The molecule has 0 saturated carbocycles. The summed E-state index contributed by atoms with van der Waals surface area (Å²) in [6.45, 7) is 3.96. The minimum absolute atomic E-state index is 0.349. The van der Waals surface area contributed by atoms with E-state index in [9.17, 15) is 25.2 Å². The van der Waals surface area contributed by atoms with Gasteiger partial charge in [0, 0.05) is 0 Å². The topological polar surface area (TPSA) is 110 Å². The van der Waals surface area contributed by atoms with Crippen LogP contribution in [0.1, 0.15) is 174 Å². The van der Waals surface area contributed by atoms with Gasteiger partial charge in [-0.1, -0.05) is 154 Å². The number of amides is 1. The van der Waals surface area contributed by atoms with Crippen molar-refractivity contribution in [2.45, 2.75) is 199 Å². The van der Waals surface area contributed by atoms with Crippen molar-refractivity contribution >= 4 is 5.91 Å². The van der Waals surface area contributed by atoms with E-state index in [1.54, 1.807) is 0 Å². The minimum Gasteiger partial charge on any atom is -0.394 e. The molecule has 5 N–H and O–H groups in total. The zero-order chi connectivity index (χ0) is 30.4. The SMILES string of the molecule is CCCC/C=C\CCCCCC(O)C(=O)NC(CO)C(O)C(O)CCCCCCCCCCCCCCCCCC. The second kappa shape index (κ2) is 30.5. The van der Waals surface area contributed by atoms with Crippen LogP contribution in [0, 0.1) is 0 Å². The molecule has 0 aliphatic rings. The van der Waals surface area contributed by atoms with Crippen LogP contribution in [0.4, 0.5) is 0 Å². The van der Waals surface area contributed by atoms with Crippen LogP contribution in [0.15, 0.2) is 12.2 Å². The maximum absolute atomic E-state index is 12.3. The van der Waals surface area contributed by atoms with Crippen molar-refractivity contribution in [2.24, 2.45) is 0 Å². The van der Waals surface area contributed by atoms with Crippen molar-refractivity contribution in [2.75, 3.05) is 6.61 Å². The molecule has 0 aromatic rings. The monoisotopic (exact) mass is 584 g/mol. The highest BCUT2D eigenvalue weighted by molar-refractivity contribution is 5.80. The third-order valence-electron chi connectivity index (χ3n) is 8.23. The zero-order valence-electron chi connectivity index (χ0n) is 27.0. The molecule has 0 heterocycles. The van der Waals surface area contributed by atoms with Gasteiger partial charge >= 0.3 is 0 Å². The van der Waals surface area contributed by atoms with Gasteiger partial charge in [0.25, 0.3) is 0 Å². The van der Waals surface area contributed by atoms with E-state index in [2.05, 4.69) is 31.3 Å². The van der Waals surface area contributed by atoms with E-state index in [0.717, 1.165) is 51.4 Å². The first kappa shape index (κ1) is 40.1. The number of unbranched alkanes of at least 4 members (excludes halogenated alkanes) is 20. The van der Waals surface area contributed by atoms with Crippen LogP contribution in [0.5, 0.6) is 0 Å². The van der Waals surface area contributed by atoms with Gasteiger partial charge < -0.3 is 25.7 Å². The molecule has 0 rings (SSSR count). The lowest BCUT2D eigenvalue weighted by Gasteiger charge is -2.27. The smallest absolute Gasteiger partial charge is 0.249 e. The Morgan fingerprint density at radius 3 is 1.49 bits per heavy atom. The van der Waals surface area contributed by atoms with Gasteiger partial charge in [-0.2, -0.15) is 0 Å². The highest BCUT2D eigenvalue weighted by Crippen LogP contribution is 2.16. The standard InChI is InChI=1S/C35H69NO5/c1-3-5-7-9-11-13-14-15-16-17-18-19-21-22-24-26-28-32(38)34(40)31(30-37)36-35(41)33(39)29-27-25-23-20-12-10-8-6-4-2/h10,12,31-34,37-40H,3-9,11,13-30H2,1-2H3,(H,36,41)/b12-10-. The number of nitrogens with one attached hydrogen (secondary N) is 1. The van der Waals surface area contributed by atoms with Crippen molar-refractivity contribution in [3.8, 4) is 0 Å². The molecular formula is C35H69NO5. The third-order valence-corrected chi connectivity index (χ3v) is 8.23. The lowest BCUT2D eigenvalue weighted by Crippen LogP contribution is -2.53. The van der Waals surface area contributed by atoms with Crippen LogP contribution < -0.4 is 5.32 Å². The fourth-order valence-corrected chi connectivity index (χ4v) is 5.32. The summed E-state index contributed by atoms with van der Waals surface area (Å²) in [5, 5.41) is 43.2. The van der Waals surface area contributed by atoms with Crippen LogP contribution >= 0.6 is 0 Å². The van der Waals surface area contributed by atoms with Gasteiger partial charge in [-0.05, 0) is 32.1 Å². The highest BCUT2D eigenvalue weighted by atomic mass is 16.3. The van der Waals surface area contributed by atoms with Gasteiger partial charge in [-0.15, -0.1) is 0 Å². The van der Waals surface area contributed by atoms with E-state index in [-0.39, 0.29) is 0 Å². The lowest BCUT2D eigenvalue weighted by atomic mass is 9.99. The van der Waals surface area contributed by atoms with E-state index in [1.807, 2.05) is 0 Å². The molecule has 4 atom stereocenters. The van der Waals surface area contributed by atoms with Crippen molar-refractivity contribution in [1.82, 2.24) is 5.32 Å². The van der Waals surface area contributed by atoms with E-state index < -0.39 is 36.9 Å². The first-order valence-corrected chi connectivity index (χ1v) is 17.6. The summed E-state index contributed by atoms with van der Waals surface area (Å²) >= 11 is 0. The molecule has 0 radical (unpaired) electrons. The maximum Gasteiger partial charge on any atom is 0.249 e. The fraction of sp³-hybridized carbons (Fsp3) is 0.914. The van der Waals surface area contributed by atoms with Crippen LogP contribution in [-0.4, -0.2) is 57.3 Å². The quantitative estimate of drug-likeness (QED) is 0.0421. The normalized spacial score (nSPS) is 14.8. The molecule has 0 bridgehead atoms. The summed E-state index contributed by atoms with van der Waals surface area (Å²) in [5.41, 5.74) is 0. The van der Waals surface area contributed by atoms with Crippen LogP contribution in [0.25, 0.3) is 0 Å². The Morgan fingerprint density at radius 2 is 1.00 bits per heavy atom. The predicted octanol–water partition coefficient (Wildman–Crippen LogP) is 7.89. The summed E-state index contributed by atoms with van der Waals surface area (Å²) in [7, 11) is 0. The Kier molecular flexibility index (Phi) is 29.8. The number of aliphatic hydroxyl groups is 4. The molecule has 0 spiro atoms. The highest BCUT2D eigenvalue weighted by Gasteiger charge is 2.28. The van der Waals surface area contributed by atoms with Crippen molar-refractivity contribution < 1.29 is 25.2 Å². The molecule has 41 heavy (non-hydrogen) atoms. The van der Waals surface area contributed by atoms with E-state index in [4.69, 9.17) is 0 Å². The van der Waals surface area contributed by atoms with Crippen LogP contribution in [0.3, 0.4) is 0 Å². The number of allylic oxidation sites excluding steroid dienone is 2. The van der Waals surface area contributed by atoms with Crippen LogP contribution in [0.2, 0.25) is 0 Å². The van der Waals surface area contributed by atoms with Crippen molar-refractivity contribution in [3.63, 3.8) is 0 Å². The lowest BCUT2D eigenvalue weighted by molar-refractivity contribution is -0.132. The molecule has 244 valence electrons. The largest absolute Gasteiger partial charge is 0.394 e. The Bertz CT molecular complexity index is 585. The van der Waals surface area contributed by atoms with Gasteiger partial charge in [0.1, 0.15) is 12.2 Å². The molecule has 0 aliphatic heterocycles. The predicted molar refractivity (Wildman–Crippen MR) is 173 cm³/mol. The molecular weight excluding hydrogens is 514 g/mol. The van der Waals surface area contributed by atoms with Gasteiger partial charge in [0.2, 0.25) is 5.91 Å². The number of aliphatic hydroxyl groups excluding tert-OH is 4. The van der Waals surface area contributed by atoms with E-state index in [1.165, 1.54) is 96.3 Å². The second-order valence-electron chi connectivity index (χ2n) is 12.2. The average Bonchev–Trinajstić information content (AvgIpc) is 2.98. The number of carbonyl (C=O) groups excluding carboxylic acids is 1. The molecule has 0 fully saturated rings. The Balaban J connectivity index is 3.81. The molecule has 0 aromatic heterocycles. The van der Waals surface area contributed by atoms with E-state index >= 15 is 0 Å². The summed E-state index contributed by atoms with van der Waals surface area (Å²) in [4.78, 5) is 12.3. The fourth-order valence-electron chi connectivity index (χ4n) is 5.32. The molecule has 4 unspecified atom stereocenters. The number of carbonyl (C=O) groups is 1. The maximum atomic E-state index is 12.3. The molecule has 1 amide bonds. The van der Waals surface area contributed by atoms with Gasteiger partial charge in [-0.25, -0.2) is 0 Å². The van der Waals surface area contributed by atoms with Gasteiger partial charge in [0.15, 0.2) is 0 Å². The second-order valence-corrected chi connectivity index (χ2v) is 12.2. The van der Waals surface area contributed by atoms with Crippen molar-refractivity contribution in [1.29, 1.82) is 0 Å². The summed E-state index contributed by atoms with van der Waals surface area (Å²) < 4.78 is 0. The molecule has 0 aromatic carbocycles. The van der Waals surface area contributed by atoms with Crippen molar-refractivity contribution in [3.05, 3.63) is 12.2 Å². The average molecular weight is 584 g/mol. The summed E-state index contributed by atoms with van der Waals surface area (Å²) in [5.74, 6) is -0.600. The molecule has 0 saturated heterocycles. The van der Waals surface area contributed by atoms with Crippen LogP contribution in [-0.2, 0) is 4.79 Å². The Morgan fingerprint density at radius 1 is 0.585 bits per heavy atom. The summed E-state index contributed by atoms with van der Waals surface area (Å²) in [6.07, 6.45) is 29.5. The first-order valence-electron chi connectivity index (χ1n) is 17.6. The Hall–Kier alpha value is -0.950. The third kappa shape index (κ3) is 25.3. The number of rotatable bonds is 31. The summed E-state index contributed by atoms with van der Waals surface area (Å²) in [6, 6.07) is -0.985.